The van der Waals surface area contributed by atoms with Crippen LogP contribution in [0.2, 0.25) is 5.02 Å². The fourth-order valence-corrected chi connectivity index (χ4v) is 6.63. The molecule has 9 heteroatoms. The maximum Gasteiger partial charge on any atom is 0.271 e. The smallest absolute Gasteiger partial charge is 0.271 e. The number of imide groups is 1. The zero-order valence-electron chi connectivity index (χ0n) is 20.8. The quantitative estimate of drug-likeness (QED) is 0.141. The van der Waals surface area contributed by atoms with Gasteiger partial charge in [0.25, 0.3) is 5.69 Å². The number of Topliss-reactive ketones (excluding diaryl/α,β-unsaturated/α-hetero) is 1. The lowest BCUT2D eigenvalue weighted by Crippen LogP contribution is -2.48. The van der Waals surface area contributed by atoms with Crippen LogP contribution in [0.5, 0.6) is 0 Å². The van der Waals surface area contributed by atoms with E-state index in [-0.39, 0.29) is 22.2 Å². The first-order valence-electron chi connectivity index (χ1n) is 12.8. The summed E-state index contributed by atoms with van der Waals surface area (Å²) in [4.78, 5) is 56.0. The molecule has 4 atom stereocenters. The molecule has 2 saturated heterocycles. The van der Waals surface area contributed by atoms with Crippen molar-refractivity contribution in [2.24, 2.45) is 11.8 Å². The van der Waals surface area contributed by atoms with Gasteiger partial charge in [-0.1, -0.05) is 84.4 Å². The van der Waals surface area contributed by atoms with Crippen molar-refractivity contribution in [2.75, 3.05) is 9.80 Å². The number of carbonyl (C=O) groups excluding carboxylic acids is 3. The Labute approximate surface area is 233 Å². The van der Waals surface area contributed by atoms with E-state index in [0.29, 0.717) is 5.56 Å². The van der Waals surface area contributed by atoms with Gasteiger partial charge in [0.05, 0.1) is 33.5 Å². The summed E-state index contributed by atoms with van der Waals surface area (Å²) in [6.45, 7) is 0. The second-order valence-corrected chi connectivity index (χ2v) is 10.5. The first-order valence-corrected chi connectivity index (χ1v) is 13.1. The Morgan fingerprint density at radius 3 is 2.35 bits per heavy atom. The number of halogens is 1. The minimum atomic E-state index is -1.01. The normalized spacial score (nSPS) is 22.8. The first kappa shape index (κ1) is 24.2. The molecule has 3 aliphatic rings. The van der Waals surface area contributed by atoms with Gasteiger partial charge in [0.1, 0.15) is 6.04 Å². The van der Waals surface area contributed by atoms with Crippen molar-refractivity contribution >= 4 is 63.1 Å². The number of fused-ring (bicyclic) bond motifs is 7. The van der Waals surface area contributed by atoms with Crippen LogP contribution in [0, 0.1) is 22.0 Å². The number of non-ortho nitro benzene ring substituents is 1. The van der Waals surface area contributed by atoms with Crippen LogP contribution < -0.4 is 9.80 Å². The maximum absolute atomic E-state index is 14.2. The highest BCUT2D eigenvalue weighted by Crippen LogP contribution is 2.51. The van der Waals surface area contributed by atoms with Crippen molar-refractivity contribution < 1.29 is 19.3 Å². The summed E-state index contributed by atoms with van der Waals surface area (Å²) >= 11 is 6.36. The van der Waals surface area contributed by atoms with Gasteiger partial charge in [-0.25, -0.2) is 4.90 Å². The second-order valence-electron chi connectivity index (χ2n) is 10.1. The molecule has 0 aromatic heterocycles. The van der Waals surface area contributed by atoms with E-state index >= 15 is 0 Å². The average Bonchev–Trinajstić information content (AvgIpc) is 3.45. The van der Waals surface area contributed by atoms with E-state index in [2.05, 4.69) is 0 Å². The SMILES string of the molecule is O=C(c1ccccc1)[C@@H]1[C@H]2C(=O)N(c3cc([N+](=O)[O-])ccc3Cl)C(=O)[C@@H]2[C@H]2C=Cc3c(ccc4ccccc34)N21. The summed E-state index contributed by atoms with van der Waals surface area (Å²) < 4.78 is 0. The molecule has 0 N–H and O–H groups in total. The van der Waals surface area contributed by atoms with Crippen molar-refractivity contribution in [3.05, 3.63) is 117 Å². The lowest BCUT2D eigenvalue weighted by molar-refractivity contribution is -0.384. The minimum Gasteiger partial charge on any atom is -0.352 e. The average molecular weight is 550 g/mol. The summed E-state index contributed by atoms with van der Waals surface area (Å²) in [5.74, 6) is -3.30. The Bertz CT molecular complexity index is 1800. The molecule has 3 aliphatic heterocycles. The highest BCUT2D eigenvalue weighted by molar-refractivity contribution is 6.36. The van der Waals surface area contributed by atoms with Crippen LogP contribution in [0.3, 0.4) is 0 Å². The minimum absolute atomic E-state index is 0.0334. The molecule has 0 saturated carbocycles. The summed E-state index contributed by atoms with van der Waals surface area (Å²) in [5, 5.41) is 13.5. The topological polar surface area (TPSA) is 101 Å². The van der Waals surface area contributed by atoms with Gasteiger partial charge in [0.2, 0.25) is 11.8 Å². The van der Waals surface area contributed by atoms with E-state index in [1.54, 1.807) is 30.3 Å². The Kier molecular flexibility index (Phi) is 5.37. The highest BCUT2D eigenvalue weighted by Gasteiger charge is 2.64. The lowest BCUT2D eigenvalue weighted by Gasteiger charge is -2.37. The van der Waals surface area contributed by atoms with Crippen molar-refractivity contribution in [3.63, 3.8) is 0 Å². The molecule has 0 bridgehead atoms. The van der Waals surface area contributed by atoms with E-state index in [9.17, 15) is 24.5 Å². The fraction of sp³-hybridized carbons (Fsp3) is 0.129. The lowest BCUT2D eigenvalue weighted by atomic mass is 9.86. The van der Waals surface area contributed by atoms with Crippen molar-refractivity contribution in [1.82, 2.24) is 0 Å². The molecule has 0 spiro atoms. The zero-order chi connectivity index (χ0) is 27.7. The first-order chi connectivity index (χ1) is 19.4. The predicted molar refractivity (Wildman–Crippen MR) is 151 cm³/mol. The Hall–Kier alpha value is -4.82. The third kappa shape index (κ3) is 3.36. The van der Waals surface area contributed by atoms with Crippen LogP contribution in [-0.4, -0.2) is 34.6 Å². The number of nitro groups is 1. The van der Waals surface area contributed by atoms with E-state index in [4.69, 9.17) is 11.6 Å². The molecule has 0 aliphatic carbocycles. The van der Waals surface area contributed by atoms with Gasteiger partial charge in [0.15, 0.2) is 5.78 Å². The van der Waals surface area contributed by atoms with Gasteiger partial charge in [0, 0.05) is 28.9 Å². The van der Waals surface area contributed by atoms with Crippen LogP contribution in [0.15, 0.2) is 91.0 Å². The summed E-state index contributed by atoms with van der Waals surface area (Å²) in [7, 11) is 0. The molecule has 0 unspecified atom stereocenters. The Morgan fingerprint density at radius 2 is 1.57 bits per heavy atom. The molecule has 7 rings (SSSR count). The molecule has 0 radical (unpaired) electrons. The molecule has 8 nitrogen and oxygen atoms in total. The van der Waals surface area contributed by atoms with Crippen molar-refractivity contribution in [3.8, 4) is 0 Å². The van der Waals surface area contributed by atoms with E-state index in [1.807, 2.05) is 53.5 Å². The molecule has 2 amide bonds. The number of hydrogen-bond acceptors (Lipinski definition) is 6. The molecule has 3 heterocycles. The molecule has 2 fully saturated rings. The monoisotopic (exact) mass is 549 g/mol. The van der Waals surface area contributed by atoms with Crippen LogP contribution >= 0.6 is 11.6 Å². The van der Waals surface area contributed by atoms with Crippen molar-refractivity contribution in [1.29, 1.82) is 0 Å². The number of amides is 2. The summed E-state index contributed by atoms with van der Waals surface area (Å²) in [6, 6.07) is 22.6. The third-order valence-electron chi connectivity index (χ3n) is 8.12. The maximum atomic E-state index is 14.2. The number of hydrogen-bond donors (Lipinski definition) is 0. The van der Waals surface area contributed by atoms with Gasteiger partial charge in [-0.05, 0) is 22.9 Å². The van der Waals surface area contributed by atoms with E-state index < -0.39 is 40.7 Å². The summed E-state index contributed by atoms with van der Waals surface area (Å²) in [6.07, 6.45) is 3.83. The van der Waals surface area contributed by atoms with E-state index in [1.165, 1.54) is 12.1 Å². The summed E-state index contributed by atoms with van der Waals surface area (Å²) in [5.41, 5.74) is 1.77. The fourth-order valence-electron chi connectivity index (χ4n) is 6.42. The van der Waals surface area contributed by atoms with Gasteiger partial charge in [-0.2, -0.15) is 0 Å². The molecule has 4 aromatic rings. The largest absolute Gasteiger partial charge is 0.352 e. The van der Waals surface area contributed by atoms with Crippen LogP contribution in [-0.2, 0) is 9.59 Å². The standard InChI is InChI=1S/C31H20ClN3O5/c32-22-13-11-19(35(39)40)16-25(22)34-30(37)26-24-15-12-21-20-9-5-4-6-17(20)10-14-23(21)33(24)28(27(26)31(34)38)29(36)18-7-2-1-3-8-18/h1-16,24,26-28H/t24-,26-,27+,28+/m1/s1. The van der Waals surface area contributed by atoms with Crippen LogP contribution in [0.4, 0.5) is 17.1 Å². The molecular weight excluding hydrogens is 530 g/mol. The highest BCUT2D eigenvalue weighted by atomic mass is 35.5. The molecule has 4 aromatic carbocycles. The van der Waals surface area contributed by atoms with Gasteiger partial charge >= 0.3 is 0 Å². The molecular formula is C31H20ClN3O5. The molecule has 196 valence electrons. The van der Waals surface area contributed by atoms with E-state index in [0.717, 1.165) is 33.0 Å². The Balaban J connectivity index is 1.40. The molecule has 40 heavy (non-hydrogen) atoms. The van der Waals surface area contributed by atoms with Gasteiger partial charge in [-0.3, -0.25) is 24.5 Å². The predicted octanol–water partition coefficient (Wildman–Crippen LogP) is 5.67. The van der Waals surface area contributed by atoms with Crippen molar-refractivity contribution in [2.45, 2.75) is 12.1 Å². The Morgan fingerprint density at radius 1 is 0.850 bits per heavy atom. The number of carbonyl (C=O) groups is 3. The number of nitro benzene ring substituents is 1. The third-order valence-corrected chi connectivity index (χ3v) is 8.44. The van der Waals surface area contributed by atoms with Crippen LogP contribution in [0.1, 0.15) is 15.9 Å². The number of ketones is 1. The number of rotatable bonds is 4. The number of nitrogens with zero attached hydrogens (tertiary/aromatic N) is 3. The zero-order valence-corrected chi connectivity index (χ0v) is 21.6. The number of anilines is 2. The second kappa shape index (κ2) is 8.86. The van der Waals surface area contributed by atoms with Crippen LogP contribution in [0.25, 0.3) is 16.8 Å². The number of benzene rings is 4. The van der Waals surface area contributed by atoms with Gasteiger partial charge in [-0.15, -0.1) is 0 Å². The van der Waals surface area contributed by atoms with Gasteiger partial charge < -0.3 is 4.90 Å².